The van der Waals surface area contributed by atoms with Crippen LogP contribution in [0.3, 0.4) is 0 Å². The van der Waals surface area contributed by atoms with E-state index in [-0.39, 0.29) is 12.5 Å². The maximum absolute atomic E-state index is 13.5. The van der Waals surface area contributed by atoms with Gasteiger partial charge in [0.25, 0.3) is 11.9 Å². The topological polar surface area (TPSA) is 76.4 Å². The third-order valence-electron chi connectivity index (χ3n) is 7.37. The number of hydrogen-bond donors (Lipinski definition) is 0. The van der Waals surface area contributed by atoms with Crippen molar-refractivity contribution in [3.63, 3.8) is 0 Å². The Kier molecular flexibility index (Phi) is 6.92. The van der Waals surface area contributed by atoms with Gasteiger partial charge in [-0.05, 0) is 49.9 Å². The first-order chi connectivity index (χ1) is 17.1. The molecule has 184 valence electrons. The third kappa shape index (κ3) is 4.48. The molecular weight excluding hydrogens is 440 g/mol. The number of carbonyl (C=O) groups excluding carboxylic acids is 1. The molecule has 0 saturated carbocycles. The Hall–Kier alpha value is -3.10. The van der Waals surface area contributed by atoms with Crippen molar-refractivity contribution >= 4 is 5.91 Å². The van der Waals surface area contributed by atoms with E-state index in [0.29, 0.717) is 23.2 Å². The van der Waals surface area contributed by atoms with Gasteiger partial charge >= 0.3 is 0 Å². The molecule has 1 aromatic carbocycles. The molecule has 1 saturated heterocycles. The first-order valence-corrected chi connectivity index (χ1v) is 12.7. The highest BCUT2D eigenvalue weighted by atomic mass is 16.5. The predicted molar refractivity (Wildman–Crippen MR) is 135 cm³/mol. The fraction of sp³-hybridized carbons (Fsp3) is 0.481. The minimum Gasteiger partial charge on any atom is -0.378 e. The van der Waals surface area contributed by atoms with Gasteiger partial charge in [-0.3, -0.25) is 9.69 Å². The number of ether oxygens (including phenoxy) is 1. The van der Waals surface area contributed by atoms with Crippen LogP contribution in [0.25, 0.3) is 17.2 Å². The van der Waals surface area contributed by atoms with Crippen molar-refractivity contribution < 1.29 is 9.53 Å². The summed E-state index contributed by atoms with van der Waals surface area (Å²) < 4.78 is 7.16. The first kappa shape index (κ1) is 23.6. The van der Waals surface area contributed by atoms with Gasteiger partial charge < -0.3 is 9.64 Å². The maximum atomic E-state index is 13.5. The molecule has 3 aromatic rings. The zero-order valence-corrected chi connectivity index (χ0v) is 20.9. The minimum absolute atomic E-state index is 0.00179. The van der Waals surface area contributed by atoms with Gasteiger partial charge in [0.2, 0.25) is 0 Å². The van der Waals surface area contributed by atoms with E-state index in [2.05, 4.69) is 53.1 Å². The number of hydrogen-bond acceptors (Lipinski definition) is 6. The Morgan fingerprint density at radius 3 is 2.74 bits per heavy atom. The van der Waals surface area contributed by atoms with Crippen LogP contribution in [0.5, 0.6) is 0 Å². The van der Waals surface area contributed by atoms with Crippen molar-refractivity contribution in [2.24, 2.45) is 0 Å². The van der Waals surface area contributed by atoms with Crippen molar-refractivity contribution in [3.05, 3.63) is 59.0 Å². The normalized spacial score (nSPS) is 17.4. The Morgan fingerprint density at radius 2 is 1.94 bits per heavy atom. The number of nitrogens with zero attached hydrogens (tertiary/aromatic N) is 6. The second-order valence-corrected chi connectivity index (χ2v) is 9.32. The van der Waals surface area contributed by atoms with Crippen LogP contribution in [0.2, 0.25) is 0 Å². The number of methoxy groups -OCH3 is 1. The smallest absolute Gasteiger partial charge is 0.257 e. The second kappa shape index (κ2) is 10.3. The van der Waals surface area contributed by atoms with E-state index in [9.17, 15) is 4.79 Å². The van der Waals surface area contributed by atoms with Crippen LogP contribution in [0, 0.1) is 0 Å². The quantitative estimate of drug-likeness (QED) is 0.522. The largest absolute Gasteiger partial charge is 0.378 e. The first-order valence-electron chi connectivity index (χ1n) is 12.7. The molecule has 1 fully saturated rings. The molecule has 0 unspecified atom stereocenters. The highest BCUT2D eigenvalue weighted by molar-refractivity contribution is 5.95. The fourth-order valence-corrected chi connectivity index (χ4v) is 5.49. The number of carbonyl (C=O) groups is 1. The minimum atomic E-state index is -0.00179. The standard InChI is InChI=1S/C27H34N6O2/c1-4-31(5-2)21-13-14-32(17-21)26(34)23-16-29-33(24(23)18-35-3)27-28-15-20-11-8-10-19-9-6-7-12-22(19)25(20)30-27/h6-7,9,12,15-16,21H,4-5,8,10-11,13-14,17-18H2,1-3H3/t21-/m0/s1. The van der Waals surface area contributed by atoms with Crippen molar-refractivity contribution in [2.45, 2.75) is 52.2 Å². The summed E-state index contributed by atoms with van der Waals surface area (Å²) in [5.41, 5.74) is 5.81. The lowest BCUT2D eigenvalue weighted by Gasteiger charge is -2.26. The highest BCUT2D eigenvalue weighted by Crippen LogP contribution is 2.31. The number of benzene rings is 1. The second-order valence-electron chi connectivity index (χ2n) is 9.32. The average Bonchev–Trinajstić information content (AvgIpc) is 3.49. The van der Waals surface area contributed by atoms with Crippen LogP contribution in [0.1, 0.15) is 53.9 Å². The summed E-state index contributed by atoms with van der Waals surface area (Å²) in [6, 6.07) is 8.84. The molecule has 1 aliphatic heterocycles. The van der Waals surface area contributed by atoms with Crippen LogP contribution >= 0.6 is 0 Å². The van der Waals surface area contributed by atoms with Gasteiger partial charge in [-0.15, -0.1) is 0 Å². The molecule has 0 N–H and O–H groups in total. The van der Waals surface area contributed by atoms with Gasteiger partial charge in [-0.1, -0.05) is 38.1 Å². The molecule has 3 heterocycles. The van der Waals surface area contributed by atoms with Crippen LogP contribution in [0.15, 0.2) is 36.7 Å². The summed E-state index contributed by atoms with van der Waals surface area (Å²) in [7, 11) is 1.63. The molecule has 2 aromatic heterocycles. The molecule has 8 nitrogen and oxygen atoms in total. The van der Waals surface area contributed by atoms with E-state index < -0.39 is 0 Å². The van der Waals surface area contributed by atoms with E-state index in [1.807, 2.05) is 11.1 Å². The number of likely N-dealkylation sites (tertiary alicyclic amines) is 1. The van der Waals surface area contributed by atoms with Crippen LogP contribution in [0.4, 0.5) is 0 Å². The van der Waals surface area contributed by atoms with Crippen molar-refractivity contribution in [1.29, 1.82) is 0 Å². The number of likely N-dealkylation sites (N-methyl/N-ethyl adjacent to an activating group) is 1. The Bertz CT molecular complexity index is 1200. The summed E-state index contributed by atoms with van der Waals surface area (Å²) in [5, 5.41) is 4.57. The van der Waals surface area contributed by atoms with Crippen LogP contribution < -0.4 is 0 Å². The van der Waals surface area contributed by atoms with Crippen molar-refractivity contribution in [2.75, 3.05) is 33.3 Å². The molecule has 35 heavy (non-hydrogen) atoms. The molecule has 5 rings (SSSR count). The molecule has 2 aliphatic rings. The Morgan fingerprint density at radius 1 is 1.14 bits per heavy atom. The number of aromatic nitrogens is 4. The van der Waals surface area contributed by atoms with Crippen molar-refractivity contribution in [3.8, 4) is 17.2 Å². The van der Waals surface area contributed by atoms with E-state index in [1.54, 1.807) is 18.0 Å². The Labute approximate surface area is 206 Å². The summed E-state index contributed by atoms with van der Waals surface area (Å²) >= 11 is 0. The van der Waals surface area contributed by atoms with Gasteiger partial charge in [-0.25, -0.2) is 9.97 Å². The molecule has 1 amide bonds. The highest BCUT2D eigenvalue weighted by Gasteiger charge is 2.32. The fourth-order valence-electron chi connectivity index (χ4n) is 5.49. The lowest BCUT2D eigenvalue weighted by molar-refractivity contribution is 0.0772. The molecular formula is C27H34N6O2. The molecule has 1 aliphatic carbocycles. The van der Waals surface area contributed by atoms with E-state index in [4.69, 9.17) is 9.72 Å². The number of fused-ring (bicyclic) bond motifs is 3. The number of amides is 1. The zero-order chi connectivity index (χ0) is 24.4. The summed E-state index contributed by atoms with van der Waals surface area (Å²) in [4.78, 5) is 27.5. The van der Waals surface area contributed by atoms with Gasteiger partial charge in [0.05, 0.1) is 29.8 Å². The third-order valence-corrected chi connectivity index (χ3v) is 7.37. The number of aryl methyl sites for hydroxylation is 2. The lowest BCUT2D eigenvalue weighted by atomic mass is 10.0. The van der Waals surface area contributed by atoms with E-state index in [0.717, 1.165) is 68.7 Å². The van der Waals surface area contributed by atoms with Crippen LogP contribution in [-0.2, 0) is 24.2 Å². The molecule has 0 bridgehead atoms. The monoisotopic (exact) mass is 474 g/mol. The molecule has 1 atom stereocenters. The summed E-state index contributed by atoms with van der Waals surface area (Å²) in [6.45, 7) is 8.09. The van der Waals surface area contributed by atoms with E-state index >= 15 is 0 Å². The van der Waals surface area contributed by atoms with Gasteiger partial charge in [0.15, 0.2) is 0 Å². The summed E-state index contributed by atoms with van der Waals surface area (Å²) in [6.07, 6.45) is 7.60. The molecule has 0 spiro atoms. The summed E-state index contributed by atoms with van der Waals surface area (Å²) in [5.74, 6) is 0.465. The zero-order valence-electron chi connectivity index (χ0n) is 20.9. The average molecular weight is 475 g/mol. The van der Waals surface area contributed by atoms with E-state index in [1.165, 1.54) is 5.56 Å². The van der Waals surface area contributed by atoms with Gasteiger partial charge in [-0.2, -0.15) is 9.78 Å². The SMILES string of the molecule is CCN(CC)[C@H]1CCN(C(=O)c2cnn(-c3ncc4c(n3)-c3ccccc3CCC4)c2COC)C1. The number of rotatable bonds is 7. The predicted octanol–water partition coefficient (Wildman–Crippen LogP) is 3.52. The van der Waals surface area contributed by atoms with Crippen LogP contribution in [-0.4, -0.2) is 74.8 Å². The maximum Gasteiger partial charge on any atom is 0.257 e. The molecule has 8 heteroatoms. The lowest BCUT2D eigenvalue weighted by Crippen LogP contribution is -2.38. The van der Waals surface area contributed by atoms with Gasteiger partial charge in [0, 0.05) is 38.0 Å². The van der Waals surface area contributed by atoms with Crippen molar-refractivity contribution in [1.82, 2.24) is 29.5 Å². The van der Waals surface area contributed by atoms with Gasteiger partial charge in [0.1, 0.15) is 0 Å². The molecule has 0 radical (unpaired) electrons. The Balaban J connectivity index is 1.48.